The Balaban J connectivity index is 1.86. The van der Waals surface area contributed by atoms with Gasteiger partial charge in [0.25, 0.3) is 0 Å². The summed E-state index contributed by atoms with van der Waals surface area (Å²) in [5.74, 6) is 1.41. The fourth-order valence-electron chi connectivity index (χ4n) is 4.44. The molecule has 1 aromatic heterocycles. The van der Waals surface area contributed by atoms with E-state index in [4.69, 9.17) is 4.74 Å². The molecule has 2 aromatic carbocycles. The zero-order chi connectivity index (χ0) is 18.4. The Morgan fingerprint density at radius 2 is 1.92 bits per heavy atom. The van der Waals surface area contributed by atoms with Crippen LogP contribution in [-0.2, 0) is 6.42 Å². The van der Waals surface area contributed by atoms with Crippen LogP contribution in [-0.4, -0.2) is 18.6 Å². The molecule has 2 N–H and O–H groups in total. The zero-order valence-corrected chi connectivity index (χ0v) is 16.4. The quantitative estimate of drug-likeness (QED) is 0.687. The van der Waals surface area contributed by atoms with E-state index in [0.29, 0.717) is 5.92 Å². The second-order valence-corrected chi connectivity index (χ2v) is 7.81. The second-order valence-electron chi connectivity index (χ2n) is 7.81. The molecule has 0 spiro atoms. The third-order valence-electron chi connectivity index (χ3n) is 5.60. The Labute approximate surface area is 155 Å². The fraction of sp³-hybridized carbons (Fsp3) is 0.391. The van der Waals surface area contributed by atoms with Crippen molar-refractivity contribution in [1.82, 2.24) is 10.3 Å². The van der Waals surface area contributed by atoms with E-state index in [1.54, 1.807) is 7.11 Å². The van der Waals surface area contributed by atoms with Gasteiger partial charge in [0.15, 0.2) is 0 Å². The standard InChI is InChI=1S/C23H28N2O/c1-13(2)18-12-16(6-7-20(18)26-5)22-23-17(8-9-24-22)21-15(4)10-14(3)11-19(21)25-23/h6-7,10-13,22,24-25H,8-9H2,1-5H3. The zero-order valence-electron chi connectivity index (χ0n) is 16.4. The number of methoxy groups -OCH3 is 1. The van der Waals surface area contributed by atoms with Gasteiger partial charge < -0.3 is 15.0 Å². The van der Waals surface area contributed by atoms with E-state index < -0.39 is 0 Å². The van der Waals surface area contributed by atoms with Crippen LogP contribution in [0, 0.1) is 13.8 Å². The monoisotopic (exact) mass is 348 g/mol. The molecule has 0 aliphatic carbocycles. The van der Waals surface area contributed by atoms with Gasteiger partial charge in [-0.3, -0.25) is 0 Å². The van der Waals surface area contributed by atoms with Crippen LogP contribution in [0.2, 0.25) is 0 Å². The van der Waals surface area contributed by atoms with Gasteiger partial charge in [-0.2, -0.15) is 0 Å². The van der Waals surface area contributed by atoms with E-state index in [2.05, 4.69) is 68.3 Å². The van der Waals surface area contributed by atoms with Crippen molar-refractivity contribution in [2.24, 2.45) is 0 Å². The first kappa shape index (κ1) is 17.2. The lowest BCUT2D eigenvalue weighted by Crippen LogP contribution is -2.30. The van der Waals surface area contributed by atoms with Crippen molar-refractivity contribution in [3.05, 3.63) is 63.8 Å². The van der Waals surface area contributed by atoms with Crippen molar-refractivity contribution in [3.8, 4) is 5.75 Å². The minimum absolute atomic E-state index is 0.203. The van der Waals surface area contributed by atoms with E-state index in [1.807, 2.05) is 0 Å². The van der Waals surface area contributed by atoms with E-state index in [9.17, 15) is 0 Å². The fourth-order valence-corrected chi connectivity index (χ4v) is 4.44. The highest BCUT2D eigenvalue weighted by Gasteiger charge is 2.26. The Morgan fingerprint density at radius 3 is 2.65 bits per heavy atom. The molecule has 1 unspecified atom stereocenters. The summed E-state index contributed by atoms with van der Waals surface area (Å²) in [6.45, 7) is 9.83. The molecule has 0 amide bonds. The molecule has 3 aromatic rings. The first-order chi connectivity index (χ1) is 12.5. The highest BCUT2D eigenvalue weighted by atomic mass is 16.5. The first-order valence-corrected chi connectivity index (χ1v) is 9.52. The lowest BCUT2D eigenvalue weighted by Gasteiger charge is -2.26. The third kappa shape index (κ3) is 2.71. The normalized spacial score (nSPS) is 16.9. The molecule has 4 rings (SSSR count). The summed E-state index contributed by atoms with van der Waals surface area (Å²) in [7, 11) is 1.75. The van der Waals surface area contributed by atoms with Crippen LogP contribution < -0.4 is 10.1 Å². The smallest absolute Gasteiger partial charge is 0.122 e. The number of aromatic nitrogens is 1. The number of nitrogens with one attached hydrogen (secondary N) is 2. The Morgan fingerprint density at radius 1 is 1.12 bits per heavy atom. The summed E-state index contributed by atoms with van der Waals surface area (Å²) >= 11 is 0. The third-order valence-corrected chi connectivity index (χ3v) is 5.60. The molecule has 0 saturated carbocycles. The van der Waals surface area contributed by atoms with Gasteiger partial charge in [0.1, 0.15) is 5.75 Å². The molecule has 1 aliphatic rings. The van der Waals surface area contributed by atoms with Crippen molar-refractivity contribution in [2.75, 3.05) is 13.7 Å². The number of hydrogen-bond acceptors (Lipinski definition) is 2. The molecule has 136 valence electrons. The van der Waals surface area contributed by atoms with Crippen molar-refractivity contribution in [3.63, 3.8) is 0 Å². The molecular formula is C23H28N2O. The Bertz CT molecular complexity index is 968. The largest absolute Gasteiger partial charge is 0.496 e. The van der Waals surface area contributed by atoms with Gasteiger partial charge in [-0.1, -0.05) is 26.0 Å². The average Bonchev–Trinajstić information content (AvgIpc) is 2.99. The van der Waals surface area contributed by atoms with E-state index in [-0.39, 0.29) is 6.04 Å². The number of fused-ring (bicyclic) bond motifs is 3. The summed E-state index contributed by atoms with van der Waals surface area (Å²) in [5, 5.41) is 5.13. The van der Waals surface area contributed by atoms with Gasteiger partial charge >= 0.3 is 0 Å². The van der Waals surface area contributed by atoms with E-state index >= 15 is 0 Å². The number of ether oxygens (including phenoxy) is 1. The van der Waals surface area contributed by atoms with Gasteiger partial charge in [-0.05, 0) is 72.2 Å². The molecule has 1 aliphatic heterocycles. The first-order valence-electron chi connectivity index (χ1n) is 9.52. The molecule has 26 heavy (non-hydrogen) atoms. The van der Waals surface area contributed by atoms with Crippen LogP contribution in [0.5, 0.6) is 5.75 Å². The molecular weight excluding hydrogens is 320 g/mol. The van der Waals surface area contributed by atoms with Crippen LogP contribution in [0.25, 0.3) is 10.9 Å². The lowest BCUT2D eigenvalue weighted by atomic mass is 9.90. The minimum atomic E-state index is 0.203. The number of aromatic amines is 1. The lowest BCUT2D eigenvalue weighted by molar-refractivity contribution is 0.407. The van der Waals surface area contributed by atoms with Gasteiger partial charge in [-0.25, -0.2) is 0 Å². The summed E-state index contributed by atoms with van der Waals surface area (Å²) < 4.78 is 5.57. The maximum atomic E-state index is 5.57. The maximum Gasteiger partial charge on any atom is 0.122 e. The van der Waals surface area contributed by atoms with Crippen LogP contribution >= 0.6 is 0 Å². The highest BCUT2D eigenvalue weighted by molar-refractivity contribution is 5.89. The molecule has 1 atom stereocenters. The molecule has 0 fully saturated rings. The van der Waals surface area contributed by atoms with E-state index in [0.717, 1.165) is 18.7 Å². The van der Waals surface area contributed by atoms with Crippen LogP contribution in [0.1, 0.15) is 59.3 Å². The summed E-state index contributed by atoms with van der Waals surface area (Å²) in [6.07, 6.45) is 1.07. The molecule has 0 saturated heterocycles. The van der Waals surface area contributed by atoms with Crippen molar-refractivity contribution >= 4 is 10.9 Å². The number of hydrogen-bond donors (Lipinski definition) is 2. The molecule has 0 radical (unpaired) electrons. The molecule has 2 heterocycles. The molecule has 3 heteroatoms. The molecule has 0 bridgehead atoms. The Hall–Kier alpha value is -2.26. The summed E-state index contributed by atoms with van der Waals surface area (Å²) in [5.41, 5.74) is 9.31. The van der Waals surface area contributed by atoms with Crippen LogP contribution in [0.4, 0.5) is 0 Å². The van der Waals surface area contributed by atoms with Gasteiger partial charge in [-0.15, -0.1) is 0 Å². The number of benzene rings is 2. The average molecular weight is 348 g/mol. The predicted octanol–water partition coefficient (Wildman–Crippen LogP) is 5.15. The van der Waals surface area contributed by atoms with Crippen molar-refractivity contribution in [1.29, 1.82) is 0 Å². The summed E-state index contributed by atoms with van der Waals surface area (Å²) in [6, 6.07) is 11.4. The number of aryl methyl sites for hydroxylation is 2. The Kier molecular flexibility index (Phi) is 4.28. The second kappa shape index (κ2) is 6.48. The number of rotatable bonds is 3. The van der Waals surface area contributed by atoms with Crippen molar-refractivity contribution in [2.45, 2.75) is 46.1 Å². The topological polar surface area (TPSA) is 37.0 Å². The van der Waals surface area contributed by atoms with Gasteiger partial charge in [0, 0.05) is 23.1 Å². The summed E-state index contributed by atoms with van der Waals surface area (Å²) in [4.78, 5) is 3.73. The minimum Gasteiger partial charge on any atom is -0.496 e. The van der Waals surface area contributed by atoms with Crippen LogP contribution in [0.15, 0.2) is 30.3 Å². The van der Waals surface area contributed by atoms with Gasteiger partial charge in [0.2, 0.25) is 0 Å². The van der Waals surface area contributed by atoms with Crippen molar-refractivity contribution < 1.29 is 4.74 Å². The number of H-pyrrole nitrogens is 1. The van der Waals surface area contributed by atoms with Crippen LogP contribution in [0.3, 0.4) is 0 Å². The highest BCUT2D eigenvalue weighted by Crippen LogP contribution is 2.37. The SMILES string of the molecule is COc1ccc(C2NCCc3c2[nH]c2cc(C)cc(C)c32)cc1C(C)C. The molecule has 3 nitrogen and oxygen atoms in total. The predicted molar refractivity (Wildman–Crippen MR) is 108 cm³/mol. The van der Waals surface area contributed by atoms with E-state index in [1.165, 1.54) is 44.4 Å². The van der Waals surface area contributed by atoms with Gasteiger partial charge in [0.05, 0.1) is 13.2 Å². The maximum absolute atomic E-state index is 5.57.